The van der Waals surface area contributed by atoms with Crippen molar-refractivity contribution in [2.75, 3.05) is 0 Å². The maximum absolute atomic E-state index is 12.9. The normalized spacial score (nSPS) is 32.4. The number of hydrogen-bond acceptors (Lipinski definition) is 4. The predicted octanol–water partition coefficient (Wildman–Crippen LogP) is 4.62. The average Bonchev–Trinajstić information content (AvgIpc) is 3.33. The summed E-state index contributed by atoms with van der Waals surface area (Å²) in [6.07, 6.45) is 3.20. The molecule has 1 heterocycles. The Hall–Kier alpha value is -2.18. The van der Waals surface area contributed by atoms with Gasteiger partial charge in [-0.05, 0) is 72.4 Å². The molecule has 2 saturated carbocycles. The molecule has 2 amide bonds. The van der Waals surface area contributed by atoms with E-state index in [1.54, 1.807) is 11.3 Å². The van der Waals surface area contributed by atoms with Crippen LogP contribution in [0.25, 0.3) is 0 Å². The molecule has 7 atom stereocenters. The van der Waals surface area contributed by atoms with Gasteiger partial charge in [0.25, 0.3) is 5.91 Å². The monoisotopic (exact) mass is 468 g/mol. The van der Waals surface area contributed by atoms with Crippen molar-refractivity contribution >= 4 is 23.2 Å². The fraction of sp³-hybridized carbons (Fsp3) is 0.556. The first kappa shape index (κ1) is 24.0. The minimum atomic E-state index is -0.558. The minimum Gasteiger partial charge on any atom is -0.392 e. The zero-order chi connectivity index (χ0) is 23.6. The smallest absolute Gasteiger partial charge is 0.251 e. The van der Waals surface area contributed by atoms with Crippen LogP contribution in [0.1, 0.15) is 61.7 Å². The molecular formula is C27H36N2O3S. The highest BCUT2D eigenvalue weighted by Gasteiger charge is 2.53. The second-order valence-electron chi connectivity index (χ2n) is 10.3. The maximum Gasteiger partial charge on any atom is 0.251 e. The molecule has 178 valence electrons. The molecule has 0 bridgehead atoms. The van der Waals surface area contributed by atoms with Crippen molar-refractivity contribution in [1.82, 2.24) is 10.6 Å². The molecule has 3 N–H and O–H groups in total. The molecule has 5 nitrogen and oxygen atoms in total. The molecule has 0 radical (unpaired) electrons. The zero-order valence-corrected chi connectivity index (χ0v) is 20.6. The minimum absolute atomic E-state index is 0.00782. The highest BCUT2D eigenvalue weighted by atomic mass is 32.1. The Balaban J connectivity index is 1.43. The van der Waals surface area contributed by atoms with Crippen LogP contribution in [-0.4, -0.2) is 29.1 Å². The van der Waals surface area contributed by atoms with Gasteiger partial charge in [-0.2, -0.15) is 0 Å². The third-order valence-corrected chi connectivity index (χ3v) is 9.19. The van der Waals surface area contributed by atoms with Crippen LogP contribution in [0.5, 0.6) is 0 Å². The molecule has 0 aliphatic heterocycles. The Morgan fingerprint density at radius 3 is 2.58 bits per heavy atom. The standard InChI is InChI=1S/C27H36N2O3S/c1-17(25(31)28-16-20-10-7-15-33-20)21-11-13-27(3)14-12-22(18(2)23(27)24(21)30)29-26(32)19-8-5-4-6-9-19/h4-10,15,17-18,21-24,30H,11-14,16H2,1-3H3,(H,28,31)(H,29,32)/t17-,18-,21+,22-,23+,24-,27+/m0/s1. The topological polar surface area (TPSA) is 78.4 Å². The van der Waals surface area contributed by atoms with Gasteiger partial charge in [-0.3, -0.25) is 9.59 Å². The van der Waals surface area contributed by atoms with Crippen LogP contribution in [-0.2, 0) is 11.3 Å². The summed E-state index contributed by atoms with van der Waals surface area (Å²) < 4.78 is 0. The van der Waals surface area contributed by atoms with Gasteiger partial charge < -0.3 is 15.7 Å². The first-order chi connectivity index (χ1) is 15.8. The summed E-state index contributed by atoms with van der Waals surface area (Å²) in [5, 5.41) is 19.8. The molecular weight excluding hydrogens is 432 g/mol. The fourth-order valence-electron chi connectivity index (χ4n) is 6.28. The predicted molar refractivity (Wildman–Crippen MR) is 132 cm³/mol. The molecule has 2 fully saturated rings. The Bertz CT molecular complexity index is 948. The molecule has 6 heteroatoms. The number of fused-ring (bicyclic) bond motifs is 1. The van der Waals surface area contributed by atoms with E-state index in [0.717, 1.165) is 30.6 Å². The second kappa shape index (κ2) is 9.98. The Labute approximate surface area is 201 Å². The van der Waals surface area contributed by atoms with Gasteiger partial charge in [0.2, 0.25) is 5.91 Å². The third kappa shape index (κ3) is 5.02. The number of carbonyl (C=O) groups is 2. The van der Waals surface area contributed by atoms with Gasteiger partial charge in [-0.25, -0.2) is 0 Å². The first-order valence-corrected chi connectivity index (χ1v) is 13.0. The van der Waals surface area contributed by atoms with Crippen LogP contribution in [0.15, 0.2) is 47.8 Å². The summed E-state index contributed by atoms with van der Waals surface area (Å²) in [7, 11) is 0. The van der Waals surface area contributed by atoms with Gasteiger partial charge in [0.05, 0.1) is 12.6 Å². The molecule has 2 aliphatic rings. The van der Waals surface area contributed by atoms with Crippen LogP contribution in [0.3, 0.4) is 0 Å². The Kier molecular flexibility index (Phi) is 7.25. The van der Waals surface area contributed by atoms with E-state index >= 15 is 0 Å². The molecule has 0 unspecified atom stereocenters. The first-order valence-electron chi connectivity index (χ1n) is 12.1. The number of nitrogens with one attached hydrogen (secondary N) is 2. The van der Waals surface area contributed by atoms with Crippen molar-refractivity contribution in [2.24, 2.45) is 29.1 Å². The van der Waals surface area contributed by atoms with E-state index in [-0.39, 0.29) is 46.9 Å². The number of rotatable bonds is 6. The summed E-state index contributed by atoms with van der Waals surface area (Å²) in [5.41, 5.74) is 0.701. The molecule has 2 aliphatic carbocycles. The summed E-state index contributed by atoms with van der Waals surface area (Å²) in [4.78, 5) is 26.8. The lowest BCUT2D eigenvalue weighted by Crippen LogP contribution is -2.58. The van der Waals surface area contributed by atoms with Gasteiger partial charge in [-0.1, -0.05) is 45.0 Å². The van der Waals surface area contributed by atoms with Gasteiger partial charge >= 0.3 is 0 Å². The Morgan fingerprint density at radius 2 is 1.88 bits per heavy atom. The van der Waals surface area contributed by atoms with Crippen molar-refractivity contribution in [3.8, 4) is 0 Å². The summed E-state index contributed by atoms with van der Waals surface area (Å²) in [6, 6.07) is 13.3. The number of amides is 2. The molecule has 0 spiro atoms. The van der Waals surface area contributed by atoms with Gasteiger partial charge in [0, 0.05) is 22.4 Å². The Morgan fingerprint density at radius 1 is 1.15 bits per heavy atom. The highest BCUT2D eigenvalue weighted by Crippen LogP contribution is 2.55. The number of aliphatic hydroxyl groups excluding tert-OH is 1. The molecule has 1 aromatic heterocycles. The van der Waals surface area contributed by atoms with E-state index in [4.69, 9.17) is 0 Å². The number of hydrogen-bond donors (Lipinski definition) is 3. The lowest BCUT2D eigenvalue weighted by molar-refractivity contribution is -0.142. The van der Waals surface area contributed by atoms with Crippen LogP contribution in [0.2, 0.25) is 0 Å². The molecule has 2 aromatic rings. The number of carbonyl (C=O) groups excluding carboxylic acids is 2. The van der Waals surface area contributed by atoms with Crippen molar-refractivity contribution in [3.63, 3.8) is 0 Å². The van der Waals surface area contributed by atoms with Crippen LogP contribution in [0, 0.1) is 29.1 Å². The molecule has 1 aromatic carbocycles. The van der Waals surface area contributed by atoms with E-state index in [1.807, 2.05) is 54.8 Å². The molecule has 4 rings (SSSR count). The van der Waals surface area contributed by atoms with Crippen LogP contribution < -0.4 is 10.6 Å². The lowest BCUT2D eigenvalue weighted by atomic mass is 9.51. The van der Waals surface area contributed by atoms with Crippen molar-refractivity contribution in [1.29, 1.82) is 0 Å². The highest BCUT2D eigenvalue weighted by molar-refractivity contribution is 7.09. The maximum atomic E-state index is 12.9. The van der Waals surface area contributed by atoms with Crippen molar-refractivity contribution < 1.29 is 14.7 Å². The second-order valence-corrected chi connectivity index (χ2v) is 11.3. The van der Waals surface area contributed by atoms with E-state index in [0.29, 0.717) is 12.1 Å². The summed E-state index contributed by atoms with van der Waals surface area (Å²) in [5.74, 6) is -0.185. The number of aliphatic hydroxyl groups is 1. The molecule has 33 heavy (non-hydrogen) atoms. The largest absolute Gasteiger partial charge is 0.392 e. The van der Waals surface area contributed by atoms with Crippen LogP contribution in [0.4, 0.5) is 0 Å². The van der Waals surface area contributed by atoms with E-state index in [1.165, 1.54) is 0 Å². The zero-order valence-electron chi connectivity index (χ0n) is 19.8. The van der Waals surface area contributed by atoms with Gasteiger partial charge in [-0.15, -0.1) is 11.3 Å². The van der Waals surface area contributed by atoms with Crippen LogP contribution >= 0.6 is 11.3 Å². The number of benzene rings is 1. The fourth-order valence-corrected chi connectivity index (χ4v) is 6.93. The van der Waals surface area contributed by atoms with E-state index in [2.05, 4.69) is 24.5 Å². The SMILES string of the molecule is C[C@@H]1[C@@H]2[C@@H](O)[C@@H]([C@H](C)C(=O)NCc3cccs3)CC[C@]2(C)CC[C@@H]1NC(=O)c1ccccc1. The van der Waals surface area contributed by atoms with Crippen molar-refractivity contribution in [2.45, 2.75) is 65.1 Å². The van der Waals surface area contributed by atoms with E-state index < -0.39 is 6.10 Å². The summed E-state index contributed by atoms with van der Waals surface area (Å²) in [6.45, 7) is 6.92. The quantitative estimate of drug-likeness (QED) is 0.579. The molecule has 0 saturated heterocycles. The third-order valence-electron chi connectivity index (χ3n) is 8.31. The van der Waals surface area contributed by atoms with Gasteiger partial charge in [0.1, 0.15) is 0 Å². The van der Waals surface area contributed by atoms with E-state index in [9.17, 15) is 14.7 Å². The average molecular weight is 469 g/mol. The summed E-state index contributed by atoms with van der Waals surface area (Å²) >= 11 is 1.63. The van der Waals surface area contributed by atoms with Gasteiger partial charge in [0.15, 0.2) is 0 Å². The lowest BCUT2D eigenvalue weighted by Gasteiger charge is -2.56. The van der Waals surface area contributed by atoms with Crippen molar-refractivity contribution in [3.05, 3.63) is 58.3 Å². The number of thiophene rings is 1.